The Hall–Kier alpha value is 0.170. The summed E-state index contributed by atoms with van der Waals surface area (Å²) in [6.45, 7) is 0. The number of rotatable bonds is 1. The molecule has 3 heteroatoms. The van der Waals surface area contributed by atoms with E-state index in [9.17, 15) is 0 Å². The van der Waals surface area contributed by atoms with Crippen LogP contribution in [0.5, 0.6) is 0 Å². The van der Waals surface area contributed by atoms with Crippen LogP contribution in [-0.2, 0) is 5.88 Å². The van der Waals surface area contributed by atoms with Crippen molar-refractivity contribution in [3.63, 3.8) is 0 Å². The molecule has 0 spiro atoms. The van der Waals surface area contributed by atoms with Gasteiger partial charge in [-0.1, -0.05) is 6.07 Å². The van der Waals surface area contributed by atoms with Crippen molar-refractivity contribution in [2.75, 3.05) is 0 Å². The van der Waals surface area contributed by atoms with E-state index in [0.29, 0.717) is 5.88 Å². The predicted octanol–water partition coefficient (Wildman–Crippen LogP) is -1.71. The lowest BCUT2D eigenvalue weighted by molar-refractivity contribution is -0.00000167. The van der Waals surface area contributed by atoms with Gasteiger partial charge in [-0.3, -0.25) is 4.98 Å². The number of hydrogen-bond donors (Lipinski definition) is 0. The van der Waals surface area contributed by atoms with Crippen LogP contribution >= 0.6 is 11.6 Å². The van der Waals surface area contributed by atoms with Crippen molar-refractivity contribution in [1.29, 1.82) is 0 Å². The van der Waals surface area contributed by atoms with Gasteiger partial charge in [-0.05, 0) is 12.1 Å². The van der Waals surface area contributed by atoms with Gasteiger partial charge in [-0.15, -0.1) is 11.6 Å². The van der Waals surface area contributed by atoms with Gasteiger partial charge >= 0.3 is 0 Å². The Kier molecular flexibility index (Phi) is 5.09. The minimum atomic E-state index is 0. The number of pyridine rings is 1. The molecular formula is C6H8ClIN+. The second kappa shape index (κ2) is 4.99. The van der Waals surface area contributed by atoms with Crippen LogP contribution in [0.2, 0.25) is 0 Å². The highest BCUT2D eigenvalue weighted by atomic mass is 127. The van der Waals surface area contributed by atoms with Gasteiger partial charge in [0.25, 0.3) is 0 Å². The first-order valence-electron chi connectivity index (χ1n) is 2.39. The number of aromatic nitrogens is 1. The van der Waals surface area contributed by atoms with Gasteiger partial charge < -0.3 is 0 Å². The smallest absolute Gasteiger partial charge is 0.235 e. The van der Waals surface area contributed by atoms with Crippen molar-refractivity contribution >= 4 is 11.6 Å². The minimum absolute atomic E-state index is 0. The molecule has 0 bridgehead atoms. The molecule has 0 aliphatic rings. The van der Waals surface area contributed by atoms with E-state index in [4.69, 9.17) is 11.6 Å². The standard InChI is InChI=1S/C6H6ClN.H2I/c7-5-6-3-1-2-4-8-6;/h1-4H,5H2;1H2/q;+1. The maximum absolute atomic E-state index is 5.46. The summed E-state index contributed by atoms with van der Waals surface area (Å²) in [6.07, 6.45) is 1.73. The summed E-state index contributed by atoms with van der Waals surface area (Å²) in [5.74, 6) is 0.501. The third-order valence-corrected chi connectivity index (χ3v) is 1.14. The van der Waals surface area contributed by atoms with Gasteiger partial charge in [0.05, 0.1) is 11.6 Å². The highest BCUT2D eigenvalue weighted by molar-refractivity contribution is 6.16. The highest BCUT2D eigenvalue weighted by Gasteiger charge is 1.83. The van der Waals surface area contributed by atoms with Gasteiger partial charge in [0.2, 0.25) is 24.0 Å². The van der Waals surface area contributed by atoms with Crippen molar-refractivity contribution in [2.24, 2.45) is 0 Å². The number of halogens is 2. The average molecular weight is 256 g/mol. The zero-order chi connectivity index (χ0) is 5.82. The molecule has 9 heavy (non-hydrogen) atoms. The molecule has 0 saturated carbocycles. The van der Waals surface area contributed by atoms with E-state index in [1.165, 1.54) is 0 Å². The van der Waals surface area contributed by atoms with Crippen molar-refractivity contribution in [3.8, 4) is 0 Å². The lowest BCUT2D eigenvalue weighted by atomic mass is 10.4. The molecule has 1 aromatic rings. The van der Waals surface area contributed by atoms with E-state index in [2.05, 4.69) is 4.98 Å². The monoisotopic (exact) mass is 256 g/mol. The lowest BCUT2D eigenvalue weighted by Gasteiger charge is -1.87. The fourth-order valence-corrected chi connectivity index (χ4v) is 0.635. The Balaban J connectivity index is 0.000000640. The van der Waals surface area contributed by atoms with Crippen molar-refractivity contribution < 1.29 is 24.0 Å². The molecule has 0 atom stereocenters. The molecule has 1 heterocycles. The second-order valence-electron chi connectivity index (χ2n) is 1.45. The van der Waals surface area contributed by atoms with E-state index in [-0.39, 0.29) is 24.0 Å². The normalized spacial score (nSPS) is 8.11. The summed E-state index contributed by atoms with van der Waals surface area (Å²) in [5.41, 5.74) is 0.925. The lowest BCUT2D eigenvalue weighted by Crippen LogP contribution is -3.00. The Morgan fingerprint density at radius 1 is 1.44 bits per heavy atom. The molecule has 0 aliphatic carbocycles. The molecule has 0 fully saturated rings. The number of nitrogens with zero attached hydrogens (tertiary/aromatic N) is 1. The molecule has 0 radical (unpaired) electrons. The molecule has 0 N–H and O–H groups in total. The summed E-state index contributed by atoms with van der Waals surface area (Å²) >= 11 is 5.46. The first-order chi connectivity index (χ1) is 3.93. The van der Waals surface area contributed by atoms with Crippen LogP contribution in [0.1, 0.15) is 5.69 Å². The summed E-state index contributed by atoms with van der Waals surface area (Å²) in [7, 11) is 0. The van der Waals surface area contributed by atoms with Gasteiger partial charge in [-0.2, -0.15) is 0 Å². The van der Waals surface area contributed by atoms with E-state index in [1.54, 1.807) is 6.20 Å². The summed E-state index contributed by atoms with van der Waals surface area (Å²) in [6, 6.07) is 5.69. The fourth-order valence-electron chi connectivity index (χ4n) is 0.477. The van der Waals surface area contributed by atoms with Gasteiger partial charge in [0, 0.05) is 6.20 Å². The van der Waals surface area contributed by atoms with E-state index >= 15 is 0 Å². The highest BCUT2D eigenvalue weighted by Crippen LogP contribution is 1.95. The average Bonchev–Trinajstić information content (AvgIpc) is 1.90. The Bertz CT molecular complexity index is 154. The van der Waals surface area contributed by atoms with E-state index in [1.807, 2.05) is 18.2 Å². The van der Waals surface area contributed by atoms with Crippen LogP contribution < -0.4 is 24.0 Å². The van der Waals surface area contributed by atoms with Crippen LogP contribution in [0, 0.1) is 0 Å². The molecule has 0 aliphatic heterocycles. The van der Waals surface area contributed by atoms with Crippen LogP contribution in [0.3, 0.4) is 0 Å². The Labute approximate surface area is 76.5 Å². The minimum Gasteiger partial charge on any atom is -0.260 e. The quantitative estimate of drug-likeness (QED) is 0.431. The molecule has 1 nitrogen and oxygen atoms in total. The van der Waals surface area contributed by atoms with E-state index in [0.717, 1.165) is 5.69 Å². The van der Waals surface area contributed by atoms with Gasteiger partial charge in [-0.25, -0.2) is 0 Å². The largest absolute Gasteiger partial charge is 0.260 e. The Morgan fingerprint density at radius 3 is 2.56 bits per heavy atom. The first kappa shape index (κ1) is 9.17. The van der Waals surface area contributed by atoms with E-state index < -0.39 is 0 Å². The van der Waals surface area contributed by atoms with Crippen molar-refractivity contribution in [1.82, 2.24) is 4.98 Å². The fraction of sp³-hybridized carbons (Fsp3) is 0.167. The van der Waals surface area contributed by atoms with Crippen LogP contribution in [-0.4, -0.2) is 4.98 Å². The maximum atomic E-state index is 5.46. The first-order valence-corrected chi connectivity index (χ1v) is 2.93. The number of alkyl halides is 1. The summed E-state index contributed by atoms with van der Waals surface area (Å²) < 4.78 is 0. The molecule has 0 aromatic carbocycles. The third-order valence-electron chi connectivity index (χ3n) is 0.863. The topological polar surface area (TPSA) is 12.9 Å². The SMILES string of the molecule is ClCc1ccccn1.[IH2+]. The molecular weight excluding hydrogens is 248 g/mol. The zero-order valence-electron chi connectivity index (χ0n) is 4.79. The van der Waals surface area contributed by atoms with Crippen LogP contribution in [0.15, 0.2) is 24.4 Å². The summed E-state index contributed by atoms with van der Waals surface area (Å²) in [4.78, 5) is 3.97. The molecule has 0 unspecified atom stereocenters. The molecule has 1 rings (SSSR count). The van der Waals surface area contributed by atoms with Crippen LogP contribution in [0.25, 0.3) is 0 Å². The van der Waals surface area contributed by atoms with Crippen molar-refractivity contribution in [3.05, 3.63) is 30.1 Å². The summed E-state index contributed by atoms with van der Waals surface area (Å²) in [5, 5.41) is 0. The van der Waals surface area contributed by atoms with Gasteiger partial charge in [0.15, 0.2) is 0 Å². The molecule has 0 saturated heterocycles. The van der Waals surface area contributed by atoms with Crippen molar-refractivity contribution in [2.45, 2.75) is 5.88 Å². The molecule has 50 valence electrons. The zero-order valence-corrected chi connectivity index (χ0v) is 8.10. The predicted molar refractivity (Wildman–Crippen MR) is 36.6 cm³/mol. The molecule has 0 amide bonds. The number of hydrogen-bond acceptors (Lipinski definition) is 1. The Morgan fingerprint density at radius 2 is 2.22 bits per heavy atom. The third kappa shape index (κ3) is 3.01. The molecule has 1 aromatic heterocycles. The second-order valence-corrected chi connectivity index (χ2v) is 1.72. The van der Waals surface area contributed by atoms with Crippen LogP contribution in [0.4, 0.5) is 0 Å². The maximum Gasteiger partial charge on any atom is 0.235 e. The van der Waals surface area contributed by atoms with Gasteiger partial charge in [0.1, 0.15) is 0 Å².